The molecule has 5 heteroatoms. The van der Waals surface area contributed by atoms with E-state index in [4.69, 9.17) is 11.6 Å². The van der Waals surface area contributed by atoms with Gasteiger partial charge in [0.25, 0.3) is 5.91 Å². The summed E-state index contributed by atoms with van der Waals surface area (Å²) in [6, 6.07) is 22.0. The van der Waals surface area contributed by atoms with Gasteiger partial charge in [0.2, 0.25) is 0 Å². The highest BCUT2D eigenvalue weighted by molar-refractivity contribution is 6.38. The van der Waals surface area contributed by atoms with E-state index in [2.05, 4.69) is 20.8 Å². The molecule has 32 heavy (non-hydrogen) atoms. The molecular weight excluding hydrogens is 422 g/mol. The van der Waals surface area contributed by atoms with Crippen molar-refractivity contribution in [3.8, 4) is 0 Å². The third kappa shape index (κ3) is 4.06. The van der Waals surface area contributed by atoms with Gasteiger partial charge < -0.3 is 10.0 Å². The van der Waals surface area contributed by atoms with Gasteiger partial charge in [0.05, 0.1) is 23.4 Å². The number of fused-ring (bicyclic) bond motifs is 1. The van der Waals surface area contributed by atoms with Crippen LogP contribution in [0.4, 0.5) is 5.69 Å². The lowest BCUT2D eigenvalue weighted by molar-refractivity contribution is -0.113. The van der Waals surface area contributed by atoms with Crippen LogP contribution >= 0.6 is 11.6 Å². The maximum Gasteiger partial charge on any atom is 0.335 e. The van der Waals surface area contributed by atoms with Crippen molar-refractivity contribution in [2.75, 3.05) is 4.90 Å². The first kappa shape index (κ1) is 21.8. The predicted octanol–water partition coefficient (Wildman–Crippen LogP) is 6.54. The van der Waals surface area contributed by atoms with E-state index in [1.807, 2.05) is 54.6 Å². The Morgan fingerprint density at radius 2 is 1.62 bits per heavy atom. The van der Waals surface area contributed by atoms with Crippen LogP contribution in [0.25, 0.3) is 11.1 Å². The third-order valence-corrected chi connectivity index (χ3v) is 5.82. The number of rotatable bonds is 4. The minimum Gasteiger partial charge on any atom is -0.478 e. The number of anilines is 1. The molecule has 3 aromatic carbocycles. The molecule has 3 aromatic rings. The fraction of sp³-hybridized carbons (Fsp3) is 0.185. The lowest BCUT2D eigenvalue weighted by Crippen LogP contribution is -2.27. The van der Waals surface area contributed by atoms with E-state index < -0.39 is 5.97 Å². The number of nitrogens with zero attached hydrogens (tertiary/aromatic N) is 1. The van der Waals surface area contributed by atoms with Crippen molar-refractivity contribution in [1.29, 1.82) is 0 Å². The number of carboxylic acids is 1. The number of para-hydroxylation sites is 1. The van der Waals surface area contributed by atoms with E-state index in [1.165, 1.54) is 0 Å². The van der Waals surface area contributed by atoms with Gasteiger partial charge in [-0.05, 0) is 52.4 Å². The number of hydrogen-bond acceptors (Lipinski definition) is 2. The highest BCUT2D eigenvalue weighted by atomic mass is 35.5. The molecule has 0 saturated heterocycles. The van der Waals surface area contributed by atoms with Crippen molar-refractivity contribution >= 4 is 40.3 Å². The van der Waals surface area contributed by atoms with Gasteiger partial charge in [-0.25, -0.2) is 4.79 Å². The number of aromatic carboxylic acids is 1. The van der Waals surface area contributed by atoms with Gasteiger partial charge in [-0.2, -0.15) is 0 Å². The Kier molecular flexibility index (Phi) is 5.66. The van der Waals surface area contributed by atoms with Crippen LogP contribution in [0, 0.1) is 5.41 Å². The molecule has 0 radical (unpaired) electrons. The van der Waals surface area contributed by atoms with Gasteiger partial charge in [-0.1, -0.05) is 74.8 Å². The maximum absolute atomic E-state index is 13.8. The molecule has 1 aliphatic heterocycles. The summed E-state index contributed by atoms with van der Waals surface area (Å²) in [5, 5.41) is 9.98. The van der Waals surface area contributed by atoms with E-state index in [1.54, 1.807) is 23.1 Å². The Labute approximate surface area is 192 Å². The topological polar surface area (TPSA) is 57.6 Å². The lowest BCUT2D eigenvalue weighted by Gasteiger charge is -2.26. The Bertz CT molecular complexity index is 1240. The summed E-state index contributed by atoms with van der Waals surface area (Å²) >= 11 is 6.12. The molecule has 1 heterocycles. The molecule has 0 atom stereocenters. The van der Waals surface area contributed by atoms with Gasteiger partial charge >= 0.3 is 5.97 Å². The Balaban J connectivity index is 1.87. The highest BCUT2D eigenvalue weighted by Gasteiger charge is 2.37. The van der Waals surface area contributed by atoms with Gasteiger partial charge in [-0.15, -0.1) is 0 Å². The van der Waals surface area contributed by atoms with Crippen molar-refractivity contribution in [2.24, 2.45) is 5.41 Å². The second-order valence-corrected chi connectivity index (χ2v) is 9.36. The van der Waals surface area contributed by atoms with Crippen LogP contribution < -0.4 is 4.90 Å². The summed E-state index contributed by atoms with van der Waals surface area (Å²) in [7, 11) is 0. The van der Waals surface area contributed by atoms with Crippen LogP contribution in [0.5, 0.6) is 0 Å². The van der Waals surface area contributed by atoms with E-state index in [0.717, 1.165) is 28.0 Å². The third-order valence-electron chi connectivity index (χ3n) is 5.57. The van der Waals surface area contributed by atoms with Crippen molar-refractivity contribution in [3.05, 3.63) is 100 Å². The summed E-state index contributed by atoms with van der Waals surface area (Å²) in [6.07, 6.45) is 0. The average Bonchev–Trinajstić information content (AvgIpc) is 3.01. The number of amides is 1. The normalized spacial score (nSPS) is 15.0. The highest BCUT2D eigenvalue weighted by Crippen LogP contribution is 2.47. The van der Waals surface area contributed by atoms with Crippen molar-refractivity contribution < 1.29 is 14.7 Å². The Morgan fingerprint density at radius 3 is 2.28 bits per heavy atom. The van der Waals surface area contributed by atoms with Crippen molar-refractivity contribution in [3.63, 3.8) is 0 Å². The van der Waals surface area contributed by atoms with E-state index in [-0.39, 0.29) is 16.9 Å². The van der Waals surface area contributed by atoms with E-state index in [0.29, 0.717) is 17.1 Å². The molecule has 0 spiro atoms. The molecule has 0 bridgehead atoms. The van der Waals surface area contributed by atoms with Gasteiger partial charge in [-0.3, -0.25) is 4.79 Å². The maximum atomic E-state index is 13.8. The van der Waals surface area contributed by atoms with E-state index in [9.17, 15) is 14.7 Å². The molecule has 0 fully saturated rings. The molecular formula is C27H24ClNO3. The minimum absolute atomic E-state index is 0.0909. The lowest BCUT2D eigenvalue weighted by atomic mass is 9.78. The molecule has 1 N–H and O–H groups in total. The number of carbonyl (C=O) groups is 2. The largest absolute Gasteiger partial charge is 0.478 e. The number of carbonyl (C=O) groups excluding carboxylic acids is 1. The molecule has 4 rings (SSSR count). The van der Waals surface area contributed by atoms with Crippen molar-refractivity contribution in [1.82, 2.24) is 0 Å². The smallest absolute Gasteiger partial charge is 0.335 e. The zero-order valence-electron chi connectivity index (χ0n) is 18.2. The van der Waals surface area contributed by atoms with Crippen molar-refractivity contribution in [2.45, 2.75) is 27.3 Å². The molecule has 0 aromatic heterocycles. The zero-order chi connectivity index (χ0) is 23.0. The van der Waals surface area contributed by atoms with Gasteiger partial charge in [0.1, 0.15) is 0 Å². The van der Waals surface area contributed by atoms with Gasteiger partial charge in [0, 0.05) is 10.6 Å². The van der Waals surface area contributed by atoms with Crippen LogP contribution in [0.1, 0.15) is 47.8 Å². The Morgan fingerprint density at radius 1 is 0.938 bits per heavy atom. The Hall–Kier alpha value is -3.37. The molecule has 4 nitrogen and oxygen atoms in total. The average molecular weight is 446 g/mol. The number of carboxylic acid groups (broad SMARTS) is 1. The summed E-state index contributed by atoms with van der Waals surface area (Å²) < 4.78 is 0. The first-order valence-electron chi connectivity index (χ1n) is 10.4. The quantitative estimate of drug-likeness (QED) is 0.463. The SMILES string of the molecule is CC(C)(C)/C(=C1/C(=O)N(Cc2cccc(C(=O)O)c2)c2ccccc21)c1ccc(Cl)cc1. The first-order valence-corrected chi connectivity index (χ1v) is 10.8. The van der Waals surface area contributed by atoms with Crippen LogP contribution in [0.15, 0.2) is 72.8 Å². The number of benzene rings is 3. The monoisotopic (exact) mass is 445 g/mol. The summed E-state index contributed by atoms with van der Waals surface area (Å²) in [5.41, 5.74) is 4.95. The van der Waals surface area contributed by atoms with E-state index >= 15 is 0 Å². The fourth-order valence-corrected chi connectivity index (χ4v) is 4.36. The molecule has 0 unspecified atom stereocenters. The van der Waals surface area contributed by atoms with Gasteiger partial charge in [0.15, 0.2) is 0 Å². The standard InChI is InChI=1S/C27H24ClNO3/c1-27(2,3)24(18-11-13-20(28)14-12-18)23-21-9-4-5-10-22(21)29(25(23)30)16-17-7-6-8-19(15-17)26(31)32/h4-15H,16H2,1-3H3,(H,31,32)/b24-23+. The molecule has 1 aliphatic rings. The van der Waals surface area contributed by atoms with Crippen LogP contribution in [-0.4, -0.2) is 17.0 Å². The summed E-state index contributed by atoms with van der Waals surface area (Å²) in [4.78, 5) is 27.0. The number of allylic oxidation sites excluding steroid dienone is 1. The number of halogens is 1. The van der Waals surface area contributed by atoms with Crippen LogP contribution in [0.2, 0.25) is 5.02 Å². The summed E-state index contributed by atoms with van der Waals surface area (Å²) in [6.45, 7) is 6.58. The first-order chi connectivity index (χ1) is 15.2. The molecule has 1 amide bonds. The summed E-state index contributed by atoms with van der Waals surface area (Å²) in [5.74, 6) is -1.08. The minimum atomic E-state index is -0.988. The number of hydrogen-bond donors (Lipinski definition) is 1. The van der Waals surface area contributed by atoms with Crippen LogP contribution in [-0.2, 0) is 11.3 Å². The fourth-order valence-electron chi connectivity index (χ4n) is 4.23. The molecule has 162 valence electrons. The second kappa shape index (κ2) is 8.29. The van der Waals surface area contributed by atoms with Crippen LogP contribution in [0.3, 0.4) is 0 Å². The molecule has 0 saturated carbocycles. The zero-order valence-corrected chi connectivity index (χ0v) is 19.0. The predicted molar refractivity (Wildman–Crippen MR) is 129 cm³/mol. The second-order valence-electron chi connectivity index (χ2n) is 8.92. The molecule has 0 aliphatic carbocycles.